The summed E-state index contributed by atoms with van der Waals surface area (Å²) in [6.45, 7) is 9.09. The third-order valence-corrected chi connectivity index (χ3v) is 5.91. The highest BCUT2D eigenvalue weighted by Gasteiger charge is 2.33. The third kappa shape index (κ3) is 3.87. The molecule has 1 fully saturated rings. The first-order valence-corrected chi connectivity index (χ1v) is 8.31. The fourth-order valence-electron chi connectivity index (χ4n) is 2.85. The van der Waals surface area contributed by atoms with Gasteiger partial charge in [0.15, 0.2) is 0 Å². The monoisotopic (exact) mass is 244 g/mol. The van der Waals surface area contributed by atoms with E-state index in [1.54, 1.807) is 0 Å². The zero-order valence-corrected chi connectivity index (χ0v) is 12.2. The molecule has 2 heteroatoms. The first-order chi connectivity index (χ1) is 7.56. The second-order valence-corrected chi connectivity index (χ2v) is 7.58. The minimum atomic E-state index is -0.578. The molecule has 0 spiro atoms. The van der Waals surface area contributed by atoms with E-state index < -0.39 is 10.8 Å². The lowest BCUT2D eigenvalue weighted by Gasteiger charge is -2.36. The van der Waals surface area contributed by atoms with Gasteiger partial charge >= 0.3 is 0 Å². The Hall–Kier alpha value is 0.150. The summed E-state index contributed by atoms with van der Waals surface area (Å²) in [5.74, 6) is 3.11. The molecule has 96 valence electrons. The Labute approximate surface area is 104 Å². The Morgan fingerprint density at radius 2 is 2.00 bits per heavy atom. The highest BCUT2D eigenvalue weighted by Crippen LogP contribution is 2.36. The molecular weight excluding hydrogens is 216 g/mol. The predicted octanol–water partition coefficient (Wildman–Crippen LogP) is 4.00. The number of unbranched alkanes of at least 4 members (excludes halogenated alkanes) is 1. The molecule has 1 saturated carbocycles. The molecule has 0 bridgehead atoms. The first-order valence-electron chi connectivity index (χ1n) is 6.93. The Morgan fingerprint density at radius 1 is 1.31 bits per heavy atom. The average Bonchev–Trinajstić information content (AvgIpc) is 2.25. The van der Waals surface area contributed by atoms with E-state index in [9.17, 15) is 4.21 Å². The van der Waals surface area contributed by atoms with Gasteiger partial charge in [-0.25, -0.2) is 0 Å². The van der Waals surface area contributed by atoms with Crippen molar-refractivity contribution in [3.8, 4) is 0 Å². The van der Waals surface area contributed by atoms with Crippen molar-refractivity contribution in [2.75, 3.05) is 5.75 Å². The van der Waals surface area contributed by atoms with E-state index in [-0.39, 0.29) is 0 Å². The summed E-state index contributed by atoms with van der Waals surface area (Å²) in [6, 6.07) is 0. The van der Waals surface area contributed by atoms with Gasteiger partial charge in [0.05, 0.1) is 0 Å². The lowest BCUT2D eigenvalue weighted by Crippen LogP contribution is -2.36. The van der Waals surface area contributed by atoms with Crippen LogP contribution >= 0.6 is 0 Å². The van der Waals surface area contributed by atoms with Crippen LogP contribution in [0.1, 0.15) is 59.8 Å². The van der Waals surface area contributed by atoms with Crippen LogP contribution in [0, 0.1) is 17.8 Å². The smallest absolute Gasteiger partial charge is 0.0381 e. The Kier molecular flexibility index (Phi) is 6.02. The maximum absolute atomic E-state index is 12.3. The van der Waals surface area contributed by atoms with E-state index in [4.69, 9.17) is 0 Å². The van der Waals surface area contributed by atoms with E-state index in [1.165, 1.54) is 25.7 Å². The Bertz CT molecular complexity index is 225. The minimum Gasteiger partial charge on any atom is -0.259 e. The topological polar surface area (TPSA) is 17.1 Å². The normalized spacial score (nSPS) is 32.9. The van der Waals surface area contributed by atoms with Gasteiger partial charge in [0, 0.05) is 21.8 Å². The molecule has 0 heterocycles. The van der Waals surface area contributed by atoms with Gasteiger partial charge in [0.1, 0.15) is 0 Å². The molecule has 4 unspecified atom stereocenters. The summed E-state index contributed by atoms with van der Waals surface area (Å²) in [5, 5.41) is 0.482. The molecular formula is C14H28OS. The van der Waals surface area contributed by atoms with Crippen molar-refractivity contribution < 1.29 is 4.21 Å². The van der Waals surface area contributed by atoms with Crippen LogP contribution in [-0.2, 0) is 10.8 Å². The number of hydrogen-bond acceptors (Lipinski definition) is 1. The molecule has 0 aliphatic heterocycles. The Balaban J connectivity index is 2.59. The summed E-state index contributed by atoms with van der Waals surface area (Å²) in [5.41, 5.74) is 0. The highest BCUT2D eigenvalue weighted by atomic mass is 32.2. The second kappa shape index (κ2) is 6.78. The van der Waals surface area contributed by atoms with Gasteiger partial charge in [0.25, 0.3) is 0 Å². The van der Waals surface area contributed by atoms with E-state index in [0.29, 0.717) is 17.1 Å². The van der Waals surface area contributed by atoms with Crippen LogP contribution in [0.4, 0.5) is 0 Å². The van der Waals surface area contributed by atoms with Crippen molar-refractivity contribution in [3.63, 3.8) is 0 Å². The van der Waals surface area contributed by atoms with Crippen LogP contribution in [-0.4, -0.2) is 15.2 Å². The van der Waals surface area contributed by atoms with Crippen LogP contribution in [0.2, 0.25) is 0 Å². The van der Waals surface area contributed by atoms with Crippen molar-refractivity contribution in [1.29, 1.82) is 0 Å². The molecule has 4 atom stereocenters. The molecule has 0 saturated heterocycles. The molecule has 1 nitrogen and oxygen atoms in total. The molecule has 0 aromatic heterocycles. The fraction of sp³-hybridized carbons (Fsp3) is 1.00. The van der Waals surface area contributed by atoms with Crippen LogP contribution in [0.3, 0.4) is 0 Å². The molecule has 1 aliphatic rings. The summed E-state index contributed by atoms with van der Waals surface area (Å²) < 4.78 is 12.3. The molecule has 0 aromatic rings. The van der Waals surface area contributed by atoms with Crippen molar-refractivity contribution in [1.82, 2.24) is 0 Å². The number of hydrogen-bond donors (Lipinski definition) is 0. The van der Waals surface area contributed by atoms with Crippen LogP contribution in [0.25, 0.3) is 0 Å². The van der Waals surface area contributed by atoms with Gasteiger partial charge in [-0.3, -0.25) is 4.21 Å². The SMILES string of the molecule is CCCCS(=O)C1CC(C)CCC1C(C)C. The van der Waals surface area contributed by atoms with E-state index >= 15 is 0 Å². The van der Waals surface area contributed by atoms with E-state index in [0.717, 1.165) is 18.1 Å². The fourth-order valence-corrected chi connectivity index (χ4v) is 5.11. The quantitative estimate of drug-likeness (QED) is 0.714. The van der Waals surface area contributed by atoms with E-state index in [1.807, 2.05) is 0 Å². The van der Waals surface area contributed by atoms with Crippen molar-refractivity contribution in [3.05, 3.63) is 0 Å². The van der Waals surface area contributed by atoms with Gasteiger partial charge in [-0.2, -0.15) is 0 Å². The van der Waals surface area contributed by atoms with E-state index in [2.05, 4.69) is 27.7 Å². The van der Waals surface area contributed by atoms with Crippen LogP contribution in [0.5, 0.6) is 0 Å². The second-order valence-electron chi connectivity index (χ2n) is 5.80. The summed E-state index contributed by atoms with van der Waals surface area (Å²) in [7, 11) is -0.578. The molecule has 0 radical (unpaired) electrons. The molecule has 1 aliphatic carbocycles. The lowest BCUT2D eigenvalue weighted by atomic mass is 9.77. The maximum atomic E-state index is 12.3. The largest absolute Gasteiger partial charge is 0.259 e. The van der Waals surface area contributed by atoms with Crippen LogP contribution < -0.4 is 0 Å². The van der Waals surface area contributed by atoms with Crippen molar-refractivity contribution in [2.24, 2.45) is 17.8 Å². The zero-order valence-electron chi connectivity index (χ0n) is 11.4. The molecule has 0 N–H and O–H groups in total. The van der Waals surface area contributed by atoms with Gasteiger partial charge in [-0.15, -0.1) is 0 Å². The van der Waals surface area contributed by atoms with Gasteiger partial charge in [0.2, 0.25) is 0 Å². The maximum Gasteiger partial charge on any atom is 0.0381 e. The minimum absolute atomic E-state index is 0.482. The summed E-state index contributed by atoms with van der Waals surface area (Å²) in [4.78, 5) is 0. The van der Waals surface area contributed by atoms with Gasteiger partial charge in [-0.1, -0.05) is 40.5 Å². The molecule has 0 amide bonds. The highest BCUT2D eigenvalue weighted by molar-refractivity contribution is 7.85. The van der Waals surface area contributed by atoms with Crippen molar-refractivity contribution >= 4 is 10.8 Å². The summed E-state index contributed by atoms with van der Waals surface area (Å²) in [6.07, 6.45) is 6.12. The zero-order chi connectivity index (χ0) is 12.1. The molecule has 16 heavy (non-hydrogen) atoms. The lowest BCUT2D eigenvalue weighted by molar-refractivity contribution is 0.241. The summed E-state index contributed by atoms with van der Waals surface area (Å²) >= 11 is 0. The van der Waals surface area contributed by atoms with Gasteiger partial charge in [-0.05, 0) is 37.0 Å². The van der Waals surface area contributed by atoms with Crippen molar-refractivity contribution in [2.45, 2.75) is 65.0 Å². The standard InChI is InChI=1S/C14H28OS/c1-5-6-9-16(15)14-10-12(4)7-8-13(14)11(2)3/h11-14H,5-10H2,1-4H3. The molecule has 0 aromatic carbocycles. The van der Waals surface area contributed by atoms with Crippen LogP contribution in [0.15, 0.2) is 0 Å². The number of rotatable bonds is 5. The molecule has 1 rings (SSSR count). The third-order valence-electron chi connectivity index (χ3n) is 4.00. The van der Waals surface area contributed by atoms with Gasteiger partial charge < -0.3 is 0 Å². The predicted molar refractivity (Wildman–Crippen MR) is 73.0 cm³/mol. The Morgan fingerprint density at radius 3 is 2.56 bits per heavy atom. The first kappa shape index (κ1) is 14.2. The average molecular weight is 244 g/mol.